The van der Waals surface area contributed by atoms with E-state index in [1.165, 1.54) is 47.6 Å². The number of esters is 1. The molecule has 10 rings (SSSR count). The van der Waals surface area contributed by atoms with E-state index in [2.05, 4.69) is 15.8 Å². The van der Waals surface area contributed by atoms with Crippen molar-refractivity contribution in [3.8, 4) is 17.2 Å². The van der Waals surface area contributed by atoms with E-state index in [9.17, 15) is 23.4 Å². The van der Waals surface area contributed by atoms with Gasteiger partial charge in [-0.2, -0.15) is 0 Å². The zero-order chi connectivity index (χ0) is 50.1. The predicted octanol–water partition coefficient (Wildman–Crippen LogP) is 8.19. The van der Waals surface area contributed by atoms with Crippen LogP contribution in [0.1, 0.15) is 41.8 Å². The van der Waals surface area contributed by atoms with E-state index < -0.39 is 51.3 Å². The number of anilines is 1. The van der Waals surface area contributed by atoms with Crippen LogP contribution in [0.4, 0.5) is 5.13 Å². The Morgan fingerprint density at radius 2 is 1.51 bits per heavy atom. The van der Waals surface area contributed by atoms with Crippen molar-refractivity contribution < 1.29 is 42.4 Å². The number of thioether (sulfide) groups is 1. The number of ether oxygens (including phenoxy) is 4. The first kappa shape index (κ1) is 48.3. The van der Waals surface area contributed by atoms with Crippen molar-refractivity contribution in [2.45, 2.75) is 47.4 Å². The molecule has 3 atom stereocenters. The highest BCUT2D eigenvalue weighted by Crippen LogP contribution is 2.45. The third-order valence-electron chi connectivity index (χ3n) is 12.1. The third kappa shape index (κ3) is 9.35. The summed E-state index contributed by atoms with van der Waals surface area (Å²) in [7, 11) is 1.03. The Labute approximate surface area is 428 Å². The van der Waals surface area contributed by atoms with Crippen molar-refractivity contribution in [1.82, 2.24) is 15.2 Å². The maximum absolute atomic E-state index is 14.3. The number of oxime groups is 1. The Bertz CT molecular complexity index is 3270. The number of rotatable bonds is 16. The first-order valence-electron chi connectivity index (χ1n) is 22.5. The summed E-state index contributed by atoms with van der Waals surface area (Å²) in [6, 6.07) is 40.5. The molecule has 15 nitrogen and oxygen atoms in total. The van der Waals surface area contributed by atoms with E-state index in [1.54, 1.807) is 62.7 Å². The molecule has 3 aliphatic rings. The predicted molar refractivity (Wildman–Crippen MR) is 278 cm³/mol. The molecule has 19 heteroatoms. The summed E-state index contributed by atoms with van der Waals surface area (Å²) in [4.78, 5) is 67.4. The van der Waals surface area contributed by atoms with Gasteiger partial charge in [-0.1, -0.05) is 108 Å². The Morgan fingerprint density at radius 1 is 0.889 bits per heavy atom. The monoisotopic (exact) mass is 1040 g/mol. The van der Waals surface area contributed by atoms with Crippen LogP contribution in [-0.4, -0.2) is 80.5 Å². The Kier molecular flexibility index (Phi) is 13.5. The second-order valence-electron chi connectivity index (χ2n) is 17.2. The number of benzene rings is 5. The van der Waals surface area contributed by atoms with Gasteiger partial charge in [-0.15, -0.1) is 34.4 Å². The molecule has 5 heterocycles. The number of carbonyl (C=O) groups excluding carboxylic acids is 3. The number of hydrogen-bond acceptors (Lipinski definition) is 16. The van der Waals surface area contributed by atoms with Gasteiger partial charge in [-0.25, -0.2) is 9.78 Å². The highest BCUT2D eigenvalue weighted by atomic mass is 32.2. The van der Waals surface area contributed by atoms with E-state index in [4.69, 9.17) is 28.8 Å². The quantitative estimate of drug-likeness (QED) is 0.0236. The number of nitrogens with one attached hydrogen (secondary N) is 2. The van der Waals surface area contributed by atoms with Gasteiger partial charge in [0.15, 0.2) is 27.8 Å². The average molecular weight is 1040 g/mol. The number of fused-ring (bicyclic) bond motifs is 3. The van der Waals surface area contributed by atoms with E-state index in [-0.39, 0.29) is 40.6 Å². The first-order valence-corrected chi connectivity index (χ1v) is 26.6. The number of methoxy groups -OCH3 is 1. The van der Waals surface area contributed by atoms with Crippen molar-refractivity contribution in [3.05, 3.63) is 188 Å². The van der Waals surface area contributed by atoms with Crippen LogP contribution in [0.5, 0.6) is 17.2 Å². The number of aromatic nitrogens is 1. The normalized spacial score (nSPS) is 18.0. The second-order valence-corrected chi connectivity index (χ2v) is 22.0. The van der Waals surface area contributed by atoms with Crippen molar-refractivity contribution in [3.63, 3.8) is 0 Å². The molecule has 1 saturated heterocycles. The summed E-state index contributed by atoms with van der Waals surface area (Å²) >= 11 is 3.86. The Balaban J connectivity index is 0.914. The summed E-state index contributed by atoms with van der Waals surface area (Å²) in [5.41, 5.74) is 2.58. The lowest BCUT2D eigenvalue weighted by molar-refractivity contribution is -0.153. The smallest absolute Gasteiger partial charge is 0.355 e. The van der Waals surface area contributed by atoms with Gasteiger partial charge in [0.1, 0.15) is 47.8 Å². The van der Waals surface area contributed by atoms with Crippen molar-refractivity contribution >= 4 is 83.9 Å². The van der Waals surface area contributed by atoms with Crippen LogP contribution in [0, 0.1) is 0 Å². The Morgan fingerprint density at radius 3 is 2.12 bits per heavy atom. The molecule has 0 saturated carbocycles. The van der Waals surface area contributed by atoms with Crippen LogP contribution in [0.25, 0.3) is 10.1 Å². The van der Waals surface area contributed by atoms with E-state index >= 15 is 0 Å². The van der Waals surface area contributed by atoms with E-state index in [0.29, 0.717) is 47.8 Å². The Hall–Kier alpha value is -7.32. The molecule has 0 radical (unpaired) electrons. The molecule has 3 aliphatic heterocycles. The minimum atomic E-state index is -1.81. The number of amides is 2. The van der Waals surface area contributed by atoms with Gasteiger partial charge in [0.2, 0.25) is 5.79 Å². The molecule has 0 spiro atoms. The van der Waals surface area contributed by atoms with E-state index in [1.807, 2.05) is 91.0 Å². The summed E-state index contributed by atoms with van der Waals surface area (Å²) in [5, 5.41) is 11.9. The fourth-order valence-electron chi connectivity index (χ4n) is 8.86. The lowest BCUT2D eigenvalue weighted by Gasteiger charge is -2.49. The van der Waals surface area contributed by atoms with Crippen LogP contribution in [-0.2, 0) is 46.9 Å². The summed E-state index contributed by atoms with van der Waals surface area (Å²) in [5.74, 6) is -1.59. The van der Waals surface area contributed by atoms with Crippen LogP contribution in [0.2, 0.25) is 0 Å². The van der Waals surface area contributed by atoms with Crippen molar-refractivity contribution in [2.75, 3.05) is 31.0 Å². The standard InChI is InChI=1S/C53H45N5O10S4/c1-52(2)67-40-24-37-39(59)25-43(71-42(37)26-41(40)68-52)69-28-32-30-72(63)49-45(48(61)58(49)46(32)50(62)66-27-31-20-22-36(64-3)23-21-31)55-47(60)44(57-65-4)38-29-70-51(54-38)56-53(33-14-8-5-9-15-33,34-16-10-6-11-17-34)35-18-12-7-13-19-35/h5-26,29,45,49H,27-28,30H2,1-4H3,(H,54,56)(H,55,60)/b57-44-/t45?,49-,72?/m0/s1. The molecular weight excluding hydrogens is 995 g/mol. The molecule has 72 heavy (non-hydrogen) atoms. The van der Waals surface area contributed by atoms with Gasteiger partial charge in [0, 0.05) is 47.2 Å². The largest absolute Gasteiger partial charge is 0.497 e. The molecule has 0 aliphatic carbocycles. The molecule has 366 valence electrons. The third-order valence-corrected chi connectivity index (χ3v) is 16.9. The number of hydrogen-bond donors (Lipinski definition) is 2. The molecule has 2 amide bonds. The molecule has 1 fully saturated rings. The molecule has 2 N–H and O–H groups in total. The molecule has 0 bridgehead atoms. The molecular formula is C53H45N5O10S4. The minimum absolute atomic E-state index is 0.0745. The van der Waals surface area contributed by atoms with Gasteiger partial charge in [-0.05, 0) is 46.0 Å². The van der Waals surface area contributed by atoms with Crippen LogP contribution < -0.4 is 30.3 Å². The second kappa shape index (κ2) is 20.1. The van der Waals surface area contributed by atoms with E-state index in [0.717, 1.165) is 21.6 Å². The summed E-state index contributed by atoms with van der Waals surface area (Å²) in [6.45, 7) is 3.43. The topological polar surface area (TPSA) is 184 Å². The summed E-state index contributed by atoms with van der Waals surface area (Å²) in [6.07, 6.45) is 0. The average Bonchev–Trinajstić information content (AvgIpc) is 3.99. The number of thiazole rings is 1. The lowest BCUT2D eigenvalue weighted by atomic mass is 9.77. The molecule has 5 aromatic carbocycles. The summed E-state index contributed by atoms with van der Waals surface area (Å²) < 4.78 is 38.4. The zero-order valence-electron chi connectivity index (χ0n) is 39.1. The van der Waals surface area contributed by atoms with Gasteiger partial charge >= 0.3 is 5.97 Å². The highest BCUT2D eigenvalue weighted by Gasteiger charge is 2.57. The number of nitrogens with zero attached hydrogens (tertiary/aromatic N) is 3. The molecule has 2 unspecified atom stereocenters. The van der Waals surface area contributed by atoms with Crippen LogP contribution in [0.15, 0.2) is 164 Å². The number of β-lactam (4-membered cyclic amide) rings is 1. The number of carbonyl (C=O) groups is 3. The first-order chi connectivity index (χ1) is 34.8. The lowest BCUT2D eigenvalue weighted by Crippen LogP contribution is -2.74. The zero-order valence-corrected chi connectivity index (χ0v) is 42.4. The molecule has 7 aromatic rings. The maximum Gasteiger partial charge on any atom is 0.355 e. The van der Waals surface area contributed by atoms with Crippen molar-refractivity contribution in [2.24, 2.45) is 5.16 Å². The van der Waals surface area contributed by atoms with Gasteiger partial charge in [0.25, 0.3) is 11.8 Å². The minimum Gasteiger partial charge on any atom is -0.497 e. The van der Waals surface area contributed by atoms with Crippen LogP contribution >= 0.6 is 34.4 Å². The fourth-order valence-corrected chi connectivity index (χ4v) is 13.7. The van der Waals surface area contributed by atoms with Gasteiger partial charge in [-0.3, -0.25) is 23.5 Å². The van der Waals surface area contributed by atoms with Gasteiger partial charge in [0.05, 0.1) is 27.9 Å². The molecule has 2 aromatic heterocycles. The maximum atomic E-state index is 14.3. The fraction of sp³-hybridized carbons (Fsp3) is 0.208. The van der Waals surface area contributed by atoms with Gasteiger partial charge < -0.3 is 34.4 Å². The SMILES string of the molecule is CO/N=C(\C(=O)NC1C(=O)N2C(C(=O)OCc3ccc(OC)cc3)=C(CSc3cc(=O)c4cc5c(cc4s3)OC(C)(C)O5)CS(=O)[C@@H]12)c1csc(NC(c2ccccc2)(c2ccccc2)c2ccccc2)n1. The van der Waals surface area contributed by atoms with Crippen LogP contribution in [0.3, 0.4) is 0 Å². The highest BCUT2D eigenvalue weighted by molar-refractivity contribution is 8.01. The van der Waals surface area contributed by atoms with Crippen molar-refractivity contribution in [1.29, 1.82) is 0 Å².